The molecule has 2 nitrogen and oxygen atoms in total. The molecule has 3 heteroatoms. The summed E-state index contributed by atoms with van der Waals surface area (Å²) in [4.78, 5) is 0. The van der Waals surface area contributed by atoms with E-state index in [1.54, 1.807) is 0 Å². The number of hydrogen-bond donors (Lipinski definition) is 0. The monoisotopic (exact) mass is 900 g/mol. The number of nitrogens with zero attached hydrogens (tertiary/aromatic N) is 2. The second kappa shape index (κ2) is 17.3. The lowest BCUT2D eigenvalue weighted by Gasteiger charge is -2.35. The number of hydrogen-bond acceptors (Lipinski definition) is 0. The molecule has 0 N–H and O–H groups in total. The predicted octanol–water partition coefficient (Wildman–Crippen LogP) is 14.6. The second-order valence-corrected chi connectivity index (χ2v) is 22.9. The van der Waals surface area contributed by atoms with Crippen molar-refractivity contribution >= 4 is 72.4 Å². The smallest absolute Gasteiger partial charge is 0.179 e. The number of benzene rings is 10. The third kappa shape index (κ3) is 6.99. The van der Waals surface area contributed by atoms with Gasteiger partial charge in [0.1, 0.15) is 0 Å². The molecule has 1 fully saturated rings. The minimum atomic E-state index is -3.06. The van der Waals surface area contributed by atoms with Crippen LogP contribution in [0.15, 0.2) is 249 Å². The Hall–Kier alpha value is -7.98. The van der Waals surface area contributed by atoms with Gasteiger partial charge in [0.05, 0.1) is 22.1 Å². The maximum absolute atomic E-state index is 3.06. The molecular formula is C66H52N2Si. The van der Waals surface area contributed by atoms with Gasteiger partial charge in [0, 0.05) is 32.9 Å². The quantitative estimate of drug-likeness (QED) is 0.101. The van der Waals surface area contributed by atoms with Gasteiger partial charge in [0.15, 0.2) is 8.07 Å². The van der Waals surface area contributed by atoms with Crippen LogP contribution in [0.4, 0.5) is 0 Å². The predicted molar refractivity (Wildman–Crippen MR) is 295 cm³/mol. The highest BCUT2D eigenvalue weighted by molar-refractivity contribution is 7.20. The van der Waals surface area contributed by atoms with E-state index in [0.29, 0.717) is 5.92 Å². The molecule has 0 amide bonds. The van der Waals surface area contributed by atoms with Crippen LogP contribution in [-0.4, -0.2) is 17.2 Å². The zero-order chi connectivity index (χ0) is 45.7. The largest absolute Gasteiger partial charge is 0.309 e. The summed E-state index contributed by atoms with van der Waals surface area (Å²) >= 11 is 0. The fourth-order valence-electron chi connectivity index (χ4n) is 12.0. The summed E-state index contributed by atoms with van der Waals surface area (Å²) in [6, 6.07) is 93.8. The highest BCUT2D eigenvalue weighted by Gasteiger charge is 2.42. The first-order valence-electron chi connectivity index (χ1n) is 24.8. The molecule has 0 saturated heterocycles. The van der Waals surface area contributed by atoms with Gasteiger partial charge < -0.3 is 9.13 Å². The van der Waals surface area contributed by atoms with Gasteiger partial charge in [-0.1, -0.05) is 219 Å². The van der Waals surface area contributed by atoms with Crippen molar-refractivity contribution in [3.8, 4) is 33.6 Å². The first kappa shape index (κ1) is 41.2. The topological polar surface area (TPSA) is 9.86 Å². The van der Waals surface area contributed by atoms with E-state index in [4.69, 9.17) is 0 Å². The molecular weight excluding hydrogens is 849 g/mol. The normalized spacial score (nSPS) is 13.4. The Morgan fingerprint density at radius 3 is 1.39 bits per heavy atom. The van der Waals surface area contributed by atoms with Crippen LogP contribution in [0.3, 0.4) is 0 Å². The maximum atomic E-state index is 2.53. The minimum absolute atomic E-state index is 0.650. The van der Waals surface area contributed by atoms with Crippen LogP contribution in [0.2, 0.25) is 0 Å². The van der Waals surface area contributed by atoms with Crippen molar-refractivity contribution in [1.29, 1.82) is 0 Å². The van der Waals surface area contributed by atoms with Gasteiger partial charge in [-0.25, -0.2) is 0 Å². The van der Waals surface area contributed by atoms with Gasteiger partial charge in [0.25, 0.3) is 0 Å². The van der Waals surface area contributed by atoms with Crippen molar-refractivity contribution in [2.45, 2.75) is 38.0 Å². The summed E-state index contributed by atoms with van der Waals surface area (Å²) in [6.07, 6.45) is 6.62. The van der Waals surface area contributed by atoms with E-state index in [9.17, 15) is 0 Å². The SMILES string of the molecule is c1ccc(-c2cccc([Si](c3ccccc3)(c3cccc(-c4ccccc4)c3)c3cccc(-n4c5ccccc5c5ccc(-n6c7ccccc7c7cc(C8CCCCC8)ccc76)cc54)c3)c2)cc1. The van der Waals surface area contributed by atoms with E-state index in [1.165, 1.54) is 130 Å². The molecule has 1 saturated carbocycles. The number of aromatic nitrogens is 2. The zero-order valence-electron chi connectivity index (χ0n) is 38.7. The molecule has 0 aliphatic heterocycles. The van der Waals surface area contributed by atoms with Crippen molar-refractivity contribution in [3.63, 3.8) is 0 Å². The van der Waals surface area contributed by atoms with Crippen molar-refractivity contribution in [1.82, 2.24) is 9.13 Å². The third-order valence-corrected chi connectivity index (χ3v) is 20.0. The molecule has 12 aromatic rings. The Morgan fingerprint density at radius 2 is 0.754 bits per heavy atom. The molecule has 0 spiro atoms. The molecule has 2 heterocycles. The van der Waals surface area contributed by atoms with Crippen molar-refractivity contribution in [2.75, 3.05) is 0 Å². The number of rotatable bonds is 9. The highest BCUT2D eigenvalue weighted by atomic mass is 28.3. The molecule has 1 aliphatic carbocycles. The summed E-state index contributed by atoms with van der Waals surface area (Å²) in [5.74, 6) is 0.650. The minimum Gasteiger partial charge on any atom is -0.309 e. The average molecular weight is 901 g/mol. The van der Waals surface area contributed by atoms with E-state index in [1.807, 2.05) is 0 Å². The summed E-state index contributed by atoms with van der Waals surface area (Å²) in [5.41, 5.74) is 13.6. The van der Waals surface area contributed by atoms with Crippen LogP contribution in [0, 0.1) is 0 Å². The molecule has 0 unspecified atom stereocenters. The molecule has 13 rings (SSSR count). The van der Waals surface area contributed by atoms with Crippen molar-refractivity contribution in [3.05, 3.63) is 254 Å². The first-order valence-corrected chi connectivity index (χ1v) is 26.8. The van der Waals surface area contributed by atoms with Gasteiger partial charge >= 0.3 is 0 Å². The highest BCUT2D eigenvalue weighted by Crippen LogP contribution is 2.40. The van der Waals surface area contributed by atoms with Crippen LogP contribution in [0.25, 0.3) is 77.2 Å². The molecule has 69 heavy (non-hydrogen) atoms. The van der Waals surface area contributed by atoms with Crippen LogP contribution in [0.5, 0.6) is 0 Å². The first-order chi connectivity index (χ1) is 34.2. The Bertz CT molecular complexity index is 3740. The Labute approximate surface area is 405 Å². The van der Waals surface area contributed by atoms with Crippen molar-refractivity contribution < 1.29 is 0 Å². The standard InChI is InChI=1S/C66H52N2Si/c1-5-20-47(21-6-1)50-26-17-31-56(42-50)69(55-29-11-4-12-30-55,57-32-18-27-51(43-57)48-22-7-2-8-23-48)58-33-19-28-53(45-58)68-63-36-15-13-34-59(63)61-40-39-54(46-66(61)68)67-64-37-16-14-35-60(64)62-44-52(38-41-65(62)67)49-24-9-3-10-25-49/h1-2,4-8,11-23,26-46,49H,3,9-10,24-25H2. The lowest BCUT2D eigenvalue weighted by molar-refractivity contribution is 0.444. The number of para-hydroxylation sites is 2. The van der Waals surface area contributed by atoms with E-state index >= 15 is 0 Å². The van der Waals surface area contributed by atoms with Gasteiger partial charge in [-0.3, -0.25) is 0 Å². The maximum Gasteiger partial charge on any atom is 0.179 e. The fourth-order valence-corrected chi connectivity index (χ4v) is 16.9. The Balaban J connectivity index is 1.05. The summed E-state index contributed by atoms with van der Waals surface area (Å²) in [5, 5.41) is 10.5. The van der Waals surface area contributed by atoms with E-state index in [2.05, 4.69) is 258 Å². The van der Waals surface area contributed by atoms with Crippen molar-refractivity contribution in [2.24, 2.45) is 0 Å². The molecule has 0 radical (unpaired) electrons. The second-order valence-electron chi connectivity index (χ2n) is 19.1. The van der Waals surface area contributed by atoms with Crippen LogP contribution in [-0.2, 0) is 0 Å². The summed E-state index contributed by atoms with van der Waals surface area (Å²) < 4.78 is 5.03. The summed E-state index contributed by atoms with van der Waals surface area (Å²) in [6.45, 7) is 0. The zero-order valence-corrected chi connectivity index (χ0v) is 39.7. The number of fused-ring (bicyclic) bond motifs is 6. The Morgan fingerprint density at radius 1 is 0.290 bits per heavy atom. The molecule has 0 bridgehead atoms. The third-order valence-electron chi connectivity index (χ3n) is 15.2. The fraction of sp³-hybridized carbons (Fsp3) is 0.0909. The lowest BCUT2D eigenvalue weighted by atomic mass is 9.84. The van der Waals surface area contributed by atoms with Crippen LogP contribution in [0.1, 0.15) is 43.6 Å². The van der Waals surface area contributed by atoms with Gasteiger partial charge in [-0.05, 0) is 116 Å². The molecule has 330 valence electrons. The van der Waals surface area contributed by atoms with Gasteiger partial charge in [-0.15, -0.1) is 0 Å². The molecule has 10 aromatic carbocycles. The average Bonchev–Trinajstić information content (AvgIpc) is 3.94. The van der Waals surface area contributed by atoms with E-state index < -0.39 is 8.07 Å². The van der Waals surface area contributed by atoms with E-state index in [0.717, 1.165) is 5.69 Å². The summed E-state index contributed by atoms with van der Waals surface area (Å²) in [7, 11) is -3.06. The Kier molecular flexibility index (Phi) is 10.3. The molecule has 1 aliphatic rings. The van der Waals surface area contributed by atoms with E-state index in [-0.39, 0.29) is 0 Å². The van der Waals surface area contributed by atoms with Gasteiger partial charge in [0.2, 0.25) is 0 Å². The molecule has 0 atom stereocenters. The van der Waals surface area contributed by atoms with Crippen LogP contribution < -0.4 is 20.7 Å². The lowest BCUT2D eigenvalue weighted by Crippen LogP contribution is -2.74. The van der Waals surface area contributed by atoms with Gasteiger partial charge in [-0.2, -0.15) is 0 Å². The van der Waals surface area contributed by atoms with Crippen LogP contribution >= 0.6 is 0 Å². The molecule has 2 aromatic heterocycles.